The van der Waals surface area contributed by atoms with E-state index >= 15 is 0 Å². The van der Waals surface area contributed by atoms with Crippen molar-refractivity contribution in [1.29, 1.82) is 0 Å². The summed E-state index contributed by atoms with van der Waals surface area (Å²) >= 11 is 0. The lowest BCUT2D eigenvalue weighted by molar-refractivity contribution is -0.0825. The highest BCUT2D eigenvalue weighted by Crippen LogP contribution is 2.28. The Hall–Kier alpha value is -0.120. The van der Waals surface area contributed by atoms with Gasteiger partial charge in [-0.15, -0.1) is 0 Å². The molecule has 1 rings (SSSR count). The van der Waals surface area contributed by atoms with Gasteiger partial charge < -0.3 is 9.84 Å². The third-order valence-corrected chi connectivity index (χ3v) is 3.89. The Morgan fingerprint density at radius 1 is 1.19 bits per heavy atom. The summed E-state index contributed by atoms with van der Waals surface area (Å²) in [6, 6.07) is 0. The first-order chi connectivity index (χ1) is 7.55. The number of ether oxygens (including phenoxy) is 1. The fourth-order valence-electron chi connectivity index (χ4n) is 2.64. The van der Waals surface area contributed by atoms with Crippen molar-refractivity contribution < 1.29 is 9.84 Å². The van der Waals surface area contributed by atoms with Crippen LogP contribution in [0.3, 0.4) is 0 Å². The predicted molar refractivity (Wildman–Crippen MR) is 66.5 cm³/mol. The van der Waals surface area contributed by atoms with Crippen LogP contribution in [0.5, 0.6) is 0 Å². The Kier molecular flexibility index (Phi) is 5.22. The van der Waals surface area contributed by atoms with E-state index < -0.39 is 0 Å². The van der Waals surface area contributed by atoms with Gasteiger partial charge in [-0.2, -0.15) is 0 Å². The van der Waals surface area contributed by atoms with E-state index in [0.717, 1.165) is 32.5 Å². The van der Waals surface area contributed by atoms with Crippen molar-refractivity contribution in [1.82, 2.24) is 4.90 Å². The third-order valence-electron chi connectivity index (χ3n) is 3.89. The molecule has 2 atom stereocenters. The van der Waals surface area contributed by atoms with Crippen molar-refractivity contribution >= 4 is 0 Å². The van der Waals surface area contributed by atoms with E-state index in [-0.39, 0.29) is 5.41 Å². The molecule has 1 N–H and O–H groups in total. The highest BCUT2D eigenvalue weighted by Gasteiger charge is 2.31. The first-order valence-corrected chi connectivity index (χ1v) is 6.54. The van der Waals surface area contributed by atoms with E-state index in [1.165, 1.54) is 0 Å². The van der Waals surface area contributed by atoms with Gasteiger partial charge >= 0.3 is 0 Å². The van der Waals surface area contributed by atoms with Gasteiger partial charge in [0.05, 0.1) is 12.2 Å². The lowest BCUT2D eigenvalue weighted by Crippen LogP contribution is -2.50. The normalized spacial score (nSPS) is 28.3. The van der Waals surface area contributed by atoms with Gasteiger partial charge in [-0.05, 0) is 26.7 Å². The number of aliphatic hydroxyl groups excluding tert-OH is 1. The Morgan fingerprint density at radius 3 is 2.06 bits per heavy atom. The van der Waals surface area contributed by atoms with E-state index in [1.54, 1.807) is 0 Å². The Bertz CT molecular complexity index is 186. The fourth-order valence-corrected chi connectivity index (χ4v) is 2.64. The summed E-state index contributed by atoms with van der Waals surface area (Å²) in [4.78, 5) is 2.45. The minimum absolute atomic E-state index is 0.0801. The molecule has 3 nitrogen and oxygen atoms in total. The maximum Gasteiger partial charge on any atom is 0.0678 e. The van der Waals surface area contributed by atoms with E-state index in [4.69, 9.17) is 4.74 Å². The minimum atomic E-state index is 0.0801. The molecule has 1 aliphatic rings. The average molecular weight is 229 g/mol. The number of hydrogen-bond acceptors (Lipinski definition) is 3. The lowest BCUT2D eigenvalue weighted by Gasteiger charge is -2.41. The van der Waals surface area contributed by atoms with Crippen LogP contribution in [-0.4, -0.2) is 48.5 Å². The smallest absolute Gasteiger partial charge is 0.0678 e. The van der Waals surface area contributed by atoms with Gasteiger partial charge in [0.15, 0.2) is 0 Å². The Balaban J connectivity index is 2.57. The zero-order chi connectivity index (χ0) is 12.2. The van der Waals surface area contributed by atoms with Gasteiger partial charge in [0, 0.05) is 31.7 Å². The minimum Gasteiger partial charge on any atom is -0.396 e. The second kappa shape index (κ2) is 5.99. The molecule has 0 unspecified atom stereocenters. The molecule has 3 heteroatoms. The van der Waals surface area contributed by atoms with Gasteiger partial charge in [0.25, 0.3) is 0 Å². The summed E-state index contributed by atoms with van der Waals surface area (Å²) < 4.78 is 5.73. The lowest BCUT2D eigenvalue weighted by atomic mass is 9.82. The summed E-state index contributed by atoms with van der Waals surface area (Å²) in [5.74, 6) is 0. The van der Waals surface area contributed by atoms with Gasteiger partial charge in [0.1, 0.15) is 0 Å². The Labute approximate surface area is 99.8 Å². The summed E-state index contributed by atoms with van der Waals surface area (Å²) in [6.45, 7) is 11.9. The molecule has 1 aliphatic heterocycles. The van der Waals surface area contributed by atoms with Gasteiger partial charge in [-0.1, -0.05) is 13.8 Å². The first kappa shape index (κ1) is 13.9. The van der Waals surface area contributed by atoms with Crippen LogP contribution in [0.15, 0.2) is 0 Å². The second-order valence-electron chi connectivity index (χ2n) is 5.32. The molecular weight excluding hydrogens is 202 g/mol. The zero-order valence-electron chi connectivity index (χ0n) is 11.2. The standard InChI is InChI=1S/C13H27NO2/c1-5-13(6-2,10-15)9-14-7-11(3)16-12(4)8-14/h11-12,15H,5-10H2,1-4H3/t11-,12+. The van der Waals surface area contributed by atoms with Crippen molar-refractivity contribution in [3.63, 3.8) is 0 Å². The molecule has 0 saturated carbocycles. The van der Waals surface area contributed by atoms with Gasteiger partial charge in [0.2, 0.25) is 0 Å². The topological polar surface area (TPSA) is 32.7 Å². The van der Waals surface area contributed by atoms with Crippen molar-refractivity contribution in [3.8, 4) is 0 Å². The molecule has 1 saturated heterocycles. The van der Waals surface area contributed by atoms with E-state index in [2.05, 4.69) is 32.6 Å². The SMILES string of the molecule is CCC(CC)(CO)CN1C[C@@H](C)O[C@@H](C)C1. The fraction of sp³-hybridized carbons (Fsp3) is 1.00. The van der Waals surface area contributed by atoms with Crippen LogP contribution in [0.25, 0.3) is 0 Å². The largest absolute Gasteiger partial charge is 0.396 e. The number of rotatable bonds is 5. The van der Waals surface area contributed by atoms with Crippen molar-refractivity contribution in [2.24, 2.45) is 5.41 Å². The number of hydrogen-bond donors (Lipinski definition) is 1. The first-order valence-electron chi connectivity index (χ1n) is 6.54. The summed E-state index contributed by atoms with van der Waals surface area (Å²) in [5, 5.41) is 9.58. The second-order valence-corrected chi connectivity index (χ2v) is 5.32. The maximum absolute atomic E-state index is 9.58. The third kappa shape index (κ3) is 3.44. The van der Waals surface area contributed by atoms with Crippen molar-refractivity contribution in [3.05, 3.63) is 0 Å². The summed E-state index contributed by atoms with van der Waals surface area (Å²) in [6.07, 6.45) is 2.71. The molecule has 96 valence electrons. The van der Waals surface area contributed by atoms with E-state index in [9.17, 15) is 5.11 Å². The molecule has 0 amide bonds. The molecule has 0 spiro atoms. The highest BCUT2D eigenvalue weighted by molar-refractivity contribution is 4.83. The number of aliphatic hydroxyl groups is 1. The molecule has 1 fully saturated rings. The molecule has 0 aromatic heterocycles. The van der Waals surface area contributed by atoms with Crippen LogP contribution in [0, 0.1) is 5.41 Å². The van der Waals surface area contributed by atoms with Gasteiger partial charge in [-0.25, -0.2) is 0 Å². The van der Waals surface area contributed by atoms with E-state index in [1.807, 2.05) is 0 Å². The highest BCUT2D eigenvalue weighted by atomic mass is 16.5. The molecule has 0 aliphatic carbocycles. The Morgan fingerprint density at radius 2 is 1.69 bits per heavy atom. The summed E-state index contributed by atoms with van der Waals surface area (Å²) in [5.41, 5.74) is 0.0801. The number of nitrogens with zero attached hydrogens (tertiary/aromatic N) is 1. The quantitative estimate of drug-likeness (QED) is 0.781. The molecule has 1 heterocycles. The molecule has 0 aromatic rings. The van der Waals surface area contributed by atoms with E-state index in [0.29, 0.717) is 18.8 Å². The zero-order valence-corrected chi connectivity index (χ0v) is 11.2. The van der Waals surface area contributed by atoms with Gasteiger partial charge in [-0.3, -0.25) is 4.90 Å². The van der Waals surface area contributed by atoms with Crippen LogP contribution < -0.4 is 0 Å². The molecule has 0 aromatic carbocycles. The van der Waals surface area contributed by atoms with Crippen LogP contribution in [-0.2, 0) is 4.74 Å². The van der Waals surface area contributed by atoms with Crippen LogP contribution >= 0.6 is 0 Å². The van der Waals surface area contributed by atoms with Crippen LogP contribution in [0.4, 0.5) is 0 Å². The molecular formula is C13H27NO2. The van der Waals surface area contributed by atoms with Crippen LogP contribution in [0.2, 0.25) is 0 Å². The molecule has 0 radical (unpaired) electrons. The molecule has 16 heavy (non-hydrogen) atoms. The monoisotopic (exact) mass is 229 g/mol. The number of morpholine rings is 1. The summed E-state index contributed by atoms with van der Waals surface area (Å²) in [7, 11) is 0. The van der Waals surface area contributed by atoms with Crippen molar-refractivity contribution in [2.75, 3.05) is 26.2 Å². The predicted octanol–water partition coefficient (Wildman–Crippen LogP) is 1.89. The average Bonchev–Trinajstić information content (AvgIpc) is 2.25. The van der Waals surface area contributed by atoms with Crippen molar-refractivity contribution in [2.45, 2.75) is 52.7 Å². The van der Waals surface area contributed by atoms with Crippen LogP contribution in [0.1, 0.15) is 40.5 Å². The maximum atomic E-state index is 9.58. The molecule has 0 bridgehead atoms.